The lowest BCUT2D eigenvalue weighted by Crippen LogP contribution is -2.29. The third kappa shape index (κ3) is 2.34. The van der Waals surface area contributed by atoms with E-state index in [0.717, 1.165) is 21.2 Å². The molecule has 1 N–H and O–H groups in total. The topological polar surface area (TPSA) is 25.2 Å². The average Bonchev–Trinajstić information content (AvgIpc) is 2.68. The molecule has 0 fully saturated rings. The van der Waals surface area contributed by atoms with E-state index >= 15 is 0 Å². The zero-order valence-corrected chi connectivity index (χ0v) is 13.2. The average molecular weight is 310 g/mol. The first-order chi connectivity index (χ1) is 8.34. The Labute approximate surface area is 117 Å². The van der Waals surface area contributed by atoms with Crippen LogP contribution in [-0.4, -0.2) is 7.05 Å². The Morgan fingerprint density at radius 1 is 1.28 bits per heavy atom. The van der Waals surface area contributed by atoms with Crippen molar-refractivity contribution in [3.63, 3.8) is 0 Å². The van der Waals surface area contributed by atoms with E-state index in [4.69, 9.17) is 4.42 Å². The first kappa shape index (κ1) is 13.6. The smallest absolute Gasteiger partial charge is 0.138 e. The quantitative estimate of drug-likeness (QED) is 0.861. The van der Waals surface area contributed by atoms with Gasteiger partial charge in [0.1, 0.15) is 11.3 Å². The van der Waals surface area contributed by atoms with Gasteiger partial charge in [0.2, 0.25) is 0 Å². The van der Waals surface area contributed by atoms with E-state index in [1.807, 2.05) is 7.05 Å². The Bertz CT molecular complexity index is 527. The third-order valence-electron chi connectivity index (χ3n) is 3.29. The zero-order chi connectivity index (χ0) is 13.5. The molecule has 1 atom stereocenters. The molecule has 2 rings (SSSR count). The molecular formula is C15H20BrNO. The molecular weight excluding hydrogens is 290 g/mol. The molecule has 0 aliphatic heterocycles. The number of aryl methyl sites for hydroxylation is 1. The number of nitrogens with one attached hydrogen (secondary N) is 1. The molecule has 2 nitrogen and oxygen atoms in total. The van der Waals surface area contributed by atoms with Crippen molar-refractivity contribution in [1.82, 2.24) is 5.32 Å². The second kappa shape index (κ2) is 4.71. The van der Waals surface area contributed by atoms with Crippen molar-refractivity contribution in [2.24, 2.45) is 5.41 Å². The lowest BCUT2D eigenvalue weighted by atomic mass is 9.85. The maximum Gasteiger partial charge on any atom is 0.138 e. The van der Waals surface area contributed by atoms with E-state index in [1.54, 1.807) is 0 Å². The Kier molecular flexibility index (Phi) is 3.56. The maximum absolute atomic E-state index is 6.07. The third-order valence-corrected chi connectivity index (χ3v) is 3.98. The van der Waals surface area contributed by atoms with Gasteiger partial charge in [-0.1, -0.05) is 42.8 Å². The van der Waals surface area contributed by atoms with Crippen LogP contribution in [0.3, 0.4) is 0 Å². The van der Waals surface area contributed by atoms with Crippen LogP contribution in [0.15, 0.2) is 27.1 Å². The van der Waals surface area contributed by atoms with Crippen molar-refractivity contribution in [2.45, 2.75) is 33.7 Å². The normalized spacial score (nSPS) is 14.1. The molecule has 0 saturated carbocycles. The molecule has 0 spiro atoms. The summed E-state index contributed by atoms with van der Waals surface area (Å²) < 4.78 is 7.15. The lowest BCUT2D eigenvalue weighted by Gasteiger charge is -2.28. The number of halogens is 1. The van der Waals surface area contributed by atoms with Crippen LogP contribution in [0.5, 0.6) is 0 Å². The second-order valence-electron chi connectivity index (χ2n) is 5.84. The summed E-state index contributed by atoms with van der Waals surface area (Å²) >= 11 is 3.59. The Morgan fingerprint density at radius 2 is 1.94 bits per heavy atom. The predicted molar refractivity (Wildman–Crippen MR) is 79.9 cm³/mol. The number of hydrogen-bond donors (Lipinski definition) is 1. The summed E-state index contributed by atoms with van der Waals surface area (Å²) in [5.41, 5.74) is 2.26. The van der Waals surface area contributed by atoms with Gasteiger partial charge in [0.05, 0.1) is 6.04 Å². The van der Waals surface area contributed by atoms with Gasteiger partial charge in [0, 0.05) is 9.86 Å². The summed E-state index contributed by atoms with van der Waals surface area (Å²) in [5, 5.41) is 4.50. The summed E-state index contributed by atoms with van der Waals surface area (Å²) in [5.74, 6) is 0.995. The van der Waals surface area contributed by atoms with E-state index in [-0.39, 0.29) is 11.5 Å². The summed E-state index contributed by atoms with van der Waals surface area (Å²) in [6, 6.07) is 6.49. The number of fused-ring (bicyclic) bond motifs is 1. The van der Waals surface area contributed by atoms with Gasteiger partial charge in [0.25, 0.3) is 0 Å². The van der Waals surface area contributed by atoms with Crippen LogP contribution in [0.25, 0.3) is 11.0 Å². The molecule has 18 heavy (non-hydrogen) atoms. The SMILES string of the molecule is CNC(c1cc2c(Br)ccc(C)c2o1)C(C)(C)C. The van der Waals surface area contributed by atoms with E-state index in [0.29, 0.717) is 0 Å². The molecule has 1 heterocycles. The molecule has 1 aromatic carbocycles. The second-order valence-corrected chi connectivity index (χ2v) is 6.70. The molecule has 0 radical (unpaired) electrons. The highest BCUT2D eigenvalue weighted by molar-refractivity contribution is 9.10. The fourth-order valence-electron chi connectivity index (χ4n) is 2.39. The first-order valence-corrected chi connectivity index (χ1v) is 6.99. The minimum Gasteiger partial charge on any atom is -0.459 e. The fraction of sp³-hybridized carbons (Fsp3) is 0.467. The van der Waals surface area contributed by atoms with Crippen molar-refractivity contribution >= 4 is 26.9 Å². The van der Waals surface area contributed by atoms with Gasteiger partial charge < -0.3 is 9.73 Å². The van der Waals surface area contributed by atoms with Crippen molar-refractivity contribution < 1.29 is 4.42 Å². The molecule has 98 valence electrons. The van der Waals surface area contributed by atoms with E-state index in [9.17, 15) is 0 Å². The van der Waals surface area contributed by atoms with Crippen LogP contribution in [0, 0.1) is 12.3 Å². The molecule has 0 aliphatic carbocycles. The minimum atomic E-state index is 0.114. The molecule has 0 amide bonds. The molecule has 0 bridgehead atoms. The molecule has 2 aromatic rings. The van der Waals surface area contributed by atoms with Crippen LogP contribution in [-0.2, 0) is 0 Å². The Morgan fingerprint density at radius 3 is 2.44 bits per heavy atom. The van der Waals surface area contributed by atoms with Gasteiger partial charge in [0.15, 0.2) is 0 Å². The van der Waals surface area contributed by atoms with Gasteiger partial charge in [-0.15, -0.1) is 0 Å². The number of benzene rings is 1. The molecule has 1 aromatic heterocycles. The van der Waals surface area contributed by atoms with Gasteiger partial charge in [-0.05, 0) is 37.1 Å². The molecule has 0 saturated heterocycles. The summed E-state index contributed by atoms with van der Waals surface area (Å²) in [4.78, 5) is 0. The zero-order valence-electron chi connectivity index (χ0n) is 11.6. The highest BCUT2D eigenvalue weighted by Gasteiger charge is 2.28. The van der Waals surface area contributed by atoms with Crippen molar-refractivity contribution in [3.8, 4) is 0 Å². The maximum atomic E-state index is 6.07. The Balaban J connectivity index is 2.60. The van der Waals surface area contributed by atoms with Crippen molar-refractivity contribution in [3.05, 3.63) is 34.0 Å². The van der Waals surface area contributed by atoms with E-state index in [1.165, 1.54) is 5.56 Å². The van der Waals surface area contributed by atoms with Gasteiger partial charge >= 0.3 is 0 Å². The summed E-state index contributed by atoms with van der Waals surface area (Å²) in [6.45, 7) is 8.71. The van der Waals surface area contributed by atoms with Crippen LogP contribution < -0.4 is 5.32 Å². The van der Waals surface area contributed by atoms with Gasteiger partial charge in [-0.25, -0.2) is 0 Å². The van der Waals surface area contributed by atoms with Crippen LogP contribution >= 0.6 is 15.9 Å². The standard InChI is InChI=1S/C15H20BrNO/c1-9-6-7-11(16)10-8-12(18-13(9)10)14(17-5)15(2,3)4/h6-8,14,17H,1-5H3. The van der Waals surface area contributed by atoms with Crippen LogP contribution in [0.2, 0.25) is 0 Å². The summed E-state index contributed by atoms with van der Waals surface area (Å²) in [7, 11) is 1.98. The molecule has 0 aliphatic rings. The van der Waals surface area contributed by atoms with Crippen molar-refractivity contribution in [1.29, 1.82) is 0 Å². The van der Waals surface area contributed by atoms with Crippen LogP contribution in [0.4, 0.5) is 0 Å². The highest BCUT2D eigenvalue weighted by Crippen LogP contribution is 2.38. The van der Waals surface area contributed by atoms with E-state index in [2.05, 4.69) is 67.1 Å². The van der Waals surface area contributed by atoms with Crippen molar-refractivity contribution in [2.75, 3.05) is 7.05 Å². The lowest BCUT2D eigenvalue weighted by molar-refractivity contribution is 0.253. The molecule has 1 unspecified atom stereocenters. The Hall–Kier alpha value is -0.800. The highest BCUT2D eigenvalue weighted by atomic mass is 79.9. The first-order valence-electron chi connectivity index (χ1n) is 6.20. The van der Waals surface area contributed by atoms with Gasteiger partial charge in [-0.2, -0.15) is 0 Å². The number of rotatable bonds is 2. The van der Waals surface area contributed by atoms with Crippen LogP contribution in [0.1, 0.15) is 38.1 Å². The molecule has 3 heteroatoms. The monoisotopic (exact) mass is 309 g/mol. The van der Waals surface area contributed by atoms with E-state index < -0.39 is 0 Å². The largest absolute Gasteiger partial charge is 0.459 e. The summed E-state index contributed by atoms with van der Waals surface area (Å²) in [6.07, 6.45) is 0. The predicted octanol–water partition coefficient (Wildman–Crippen LogP) is 4.81. The number of furan rings is 1. The van der Waals surface area contributed by atoms with Gasteiger partial charge in [-0.3, -0.25) is 0 Å². The fourth-order valence-corrected chi connectivity index (χ4v) is 2.82. The number of hydrogen-bond acceptors (Lipinski definition) is 2. The minimum absolute atomic E-state index is 0.114.